The van der Waals surface area contributed by atoms with Crippen molar-refractivity contribution in [2.75, 3.05) is 13.7 Å². The van der Waals surface area contributed by atoms with Crippen LogP contribution in [-0.4, -0.2) is 40.8 Å². The Hall–Kier alpha value is -0.840. The first-order valence-corrected chi connectivity index (χ1v) is 4.15. The van der Waals surface area contributed by atoms with Gasteiger partial charge in [0.2, 0.25) is 0 Å². The Bertz CT molecular complexity index is 207. The molecular formula is C7H11NO3S. The van der Waals surface area contributed by atoms with Crippen LogP contribution in [0.25, 0.3) is 0 Å². The third-order valence-corrected chi connectivity index (χ3v) is 2.35. The van der Waals surface area contributed by atoms with Crippen LogP contribution in [0.2, 0.25) is 0 Å². The summed E-state index contributed by atoms with van der Waals surface area (Å²) >= 11 is 4.85. The summed E-state index contributed by atoms with van der Waals surface area (Å²) < 4.78 is 4.81. The number of ether oxygens (including phenoxy) is 1. The van der Waals surface area contributed by atoms with Gasteiger partial charge in [0, 0.05) is 6.54 Å². The molecule has 1 aliphatic rings. The number of hydrogen-bond donors (Lipinski definition) is 1. The molecule has 68 valence electrons. The fourth-order valence-electron chi connectivity index (χ4n) is 1.36. The SMILES string of the molecule is COC(=S)N1CCCC1C(=O)O. The van der Waals surface area contributed by atoms with Crippen molar-refractivity contribution in [3.05, 3.63) is 0 Å². The smallest absolute Gasteiger partial charge is 0.326 e. The molecule has 1 rings (SSSR count). The molecule has 0 aromatic carbocycles. The number of aliphatic carboxylic acids is 1. The van der Waals surface area contributed by atoms with E-state index in [1.165, 1.54) is 7.11 Å². The van der Waals surface area contributed by atoms with Gasteiger partial charge in [-0.05, 0) is 25.1 Å². The van der Waals surface area contributed by atoms with Crippen molar-refractivity contribution in [3.63, 3.8) is 0 Å². The molecule has 0 aromatic heterocycles. The van der Waals surface area contributed by atoms with Crippen LogP contribution in [0.3, 0.4) is 0 Å². The fourth-order valence-corrected chi connectivity index (χ4v) is 1.58. The topological polar surface area (TPSA) is 49.8 Å². The molecular weight excluding hydrogens is 178 g/mol. The molecule has 1 atom stereocenters. The fraction of sp³-hybridized carbons (Fsp3) is 0.714. The van der Waals surface area contributed by atoms with Crippen LogP contribution in [-0.2, 0) is 9.53 Å². The molecule has 1 heterocycles. The van der Waals surface area contributed by atoms with Gasteiger partial charge in [-0.3, -0.25) is 0 Å². The van der Waals surface area contributed by atoms with Crippen molar-refractivity contribution in [2.24, 2.45) is 0 Å². The van der Waals surface area contributed by atoms with Crippen molar-refractivity contribution in [1.82, 2.24) is 4.90 Å². The zero-order valence-electron chi connectivity index (χ0n) is 6.82. The minimum absolute atomic E-state index is 0.278. The number of carboxylic acids is 1. The highest BCUT2D eigenvalue weighted by Crippen LogP contribution is 2.17. The van der Waals surface area contributed by atoms with Crippen molar-refractivity contribution in [3.8, 4) is 0 Å². The summed E-state index contributed by atoms with van der Waals surface area (Å²) in [6, 6.07) is -0.488. The van der Waals surface area contributed by atoms with Crippen LogP contribution in [0.15, 0.2) is 0 Å². The lowest BCUT2D eigenvalue weighted by molar-refractivity contribution is -0.141. The van der Waals surface area contributed by atoms with Gasteiger partial charge in [0.05, 0.1) is 7.11 Å². The Labute approximate surface area is 76.1 Å². The van der Waals surface area contributed by atoms with Gasteiger partial charge in [-0.2, -0.15) is 0 Å². The predicted octanol–water partition coefficient (Wildman–Crippen LogP) is 0.467. The number of likely N-dealkylation sites (tertiary alicyclic amines) is 1. The van der Waals surface area contributed by atoms with E-state index in [-0.39, 0.29) is 5.17 Å². The summed E-state index contributed by atoms with van der Waals surface area (Å²) in [4.78, 5) is 12.3. The van der Waals surface area contributed by atoms with E-state index in [1.54, 1.807) is 4.90 Å². The number of thiocarbonyl (C=S) groups is 1. The highest BCUT2D eigenvalue weighted by molar-refractivity contribution is 7.80. The zero-order valence-corrected chi connectivity index (χ0v) is 7.63. The van der Waals surface area contributed by atoms with Gasteiger partial charge in [-0.15, -0.1) is 0 Å². The summed E-state index contributed by atoms with van der Waals surface area (Å²) in [5, 5.41) is 9.05. The zero-order chi connectivity index (χ0) is 9.14. The molecule has 1 aliphatic heterocycles. The Balaban J connectivity index is 2.63. The maximum atomic E-state index is 10.7. The van der Waals surface area contributed by atoms with E-state index in [0.29, 0.717) is 13.0 Å². The molecule has 0 bridgehead atoms. The quantitative estimate of drug-likeness (QED) is 0.607. The van der Waals surface area contributed by atoms with Gasteiger partial charge in [0.1, 0.15) is 6.04 Å². The van der Waals surface area contributed by atoms with Crippen LogP contribution in [0, 0.1) is 0 Å². The third-order valence-electron chi connectivity index (χ3n) is 1.95. The van der Waals surface area contributed by atoms with Crippen LogP contribution in [0.1, 0.15) is 12.8 Å². The second kappa shape index (κ2) is 3.71. The highest BCUT2D eigenvalue weighted by Gasteiger charge is 2.32. The molecule has 12 heavy (non-hydrogen) atoms. The average molecular weight is 189 g/mol. The van der Waals surface area contributed by atoms with Crippen molar-refractivity contribution in [1.29, 1.82) is 0 Å². The molecule has 5 heteroatoms. The summed E-state index contributed by atoms with van der Waals surface area (Å²) in [6.07, 6.45) is 1.51. The van der Waals surface area contributed by atoms with Crippen LogP contribution in [0.4, 0.5) is 0 Å². The second-order valence-corrected chi connectivity index (χ2v) is 3.01. The van der Waals surface area contributed by atoms with E-state index in [2.05, 4.69) is 0 Å². The van der Waals surface area contributed by atoms with Crippen molar-refractivity contribution < 1.29 is 14.6 Å². The molecule has 1 saturated heterocycles. The van der Waals surface area contributed by atoms with Gasteiger partial charge >= 0.3 is 5.97 Å². The molecule has 1 N–H and O–H groups in total. The predicted molar refractivity (Wildman–Crippen MR) is 47.0 cm³/mol. The molecule has 0 radical (unpaired) electrons. The Morgan fingerprint density at radius 3 is 2.92 bits per heavy atom. The van der Waals surface area contributed by atoms with E-state index in [9.17, 15) is 4.79 Å². The number of rotatable bonds is 1. The Morgan fingerprint density at radius 1 is 1.75 bits per heavy atom. The van der Waals surface area contributed by atoms with E-state index < -0.39 is 12.0 Å². The van der Waals surface area contributed by atoms with E-state index in [1.807, 2.05) is 0 Å². The highest BCUT2D eigenvalue weighted by atomic mass is 32.1. The minimum atomic E-state index is -0.827. The lowest BCUT2D eigenvalue weighted by Crippen LogP contribution is -2.40. The number of hydrogen-bond acceptors (Lipinski definition) is 3. The molecule has 0 saturated carbocycles. The van der Waals surface area contributed by atoms with Crippen LogP contribution in [0.5, 0.6) is 0 Å². The summed E-state index contributed by atoms with van der Waals surface area (Å²) in [7, 11) is 1.46. The summed E-state index contributed by atoms with van der Waals surface area (Å²) in [5.74, 6) is -0.827. The molecule has 4 nitrogen and oxygen atoms in total. The maximum Gasteiger partial charge on any atom is 0.326 e. The normalized spacial score (nSPS) is 22.4. The molecule has 0 aliphatic carbocycles. The van der Waals surface area contributed by atoms with Gasteiger partial charge < -0.3 is 14.7 Å². The van der Waals surface area contributed by atoms with Crippen LogP contribution >= 0.6 is 12.2 Å². The second-order valence-electron chi connectivity index (χ2n) is 2.66. The van der Waals surface area contributed by atoms with Crippen molar-refractivity contribution in [2.45, 2.75) is 18.9 Å². The standard InChI is InChI=1S/C7H11NO3S/c1-11-7(12)8-4-2-3-5(8)6(9)10/h5H,2-4H2,1H3,(H,9,10). The lowest BCUT2D eigenvalue weighted by atomic mass is 10.2. The van der Waals surface area contributed by atoms with Gasteiger partial charge in [-0.1, -0.05) is 0 Å². The van der Waals surface area contributed by atoms with Crippen molar-refractivity contribution >= 4 is 23.4 Å². The molecule has 1 unspecified atom stereocenters. The third kappa shape index (κ3) is 1.66. The number of methoxy groups -OCH3 is 1. The largest absolute Gasteiger partial charge is 0.480 e. The number of carboxylic acid groups (broad SMARTS) is 1. The first kappa shape index (κ1) is 9.25. The Morgan fingerprint density at radius 2 is 2.42 bits per heavy atom. The van der Waals surface area contributed by atoms with Crippen LogP contribution < -0.4 is 0 Å². The molecule has 0 amide bonds. The van der Waals surface area contributed by atoms with E-state index in [4.69, 9.17) is 22.1 Å². The molecule has 1 fully saturated rings. The molecule has 0 aromatic rings. The minimum Gasteiger partial charge on any atom is -0.480 e. The number of carbonyl (C=O) groups is 1. The van der Waals surface area contributed by atoms with E-state index in [0.717, 1.165) is 6.42 Å². The first-order valence-electron chi connectivity index (χ1n) is 3.74. The van der Waals surface area contributed by atoms with E-state index >= 15 is 0 Å². The lowest BCUT2D eigenvalue weighted by Gasteiger charge is -2.21. The van der Waals surface area contributed by atoms with Gasteiger partial charge in [0.15, 0.2) is 0 Å². The monoisotopic (exact) mass is 189 g/mol. The van der Waals surface area contributed by atoms with Gasteiger partial charge in [-0.25, -0.2) is 4.79 Å². The molecule has 0 spiro atoms. The number of nitrogens with zero attached hydrogens (tertiary/aromatic N) is 1. The summed E-state index contributed by atoms with van der Waals surface area (Å²) in [5.41, 5.74) is 0. The van der Waals surface area contributed by atoms with Gasteiger partial charge in [0.25, 0.3) is 5.17 Å². The first-order chi connectivity index (χ1) is 5.66. The average Bonchev–Trinajstić information content (AvgIpc) is 2.50. The summed E-state index contributed by atoms with van der Waals surface area (Å²) in [6.45, 7) is 0.684. The Kier molecular flexibility index (Phi) is 2.86. The maximum absolute atomic E-state index is 10.7.